The molecule has 2 amide bonds. The Labute approximate surface area is 229 Å². The molecule has 0 aliphatic carbocycles. The molecule has 2 heterocycles. The summed E-state index contributed by atoms with van der Waals surface area (Å²) in [5.74, 6) is 0.200. The first-order valence-electron chi connectivity index (χ1n) is 11.6. The average Bonchev–Trinajstić information content (AvgIpc) is 3.41. The van der Waals surface area contributed by atoms with Crippen LogP contribution in [-0.4, -0.2) is 42.9 Å². The second-order valence-corrected chi connectivity index (χ2v) is 9.83. The molecule has 1 fully saturated rings. The minimum atomic E-state index is -0.381. The van der Waals surface area contributed by atoms with Crippen LogP contribution in [0.5, 0.6) is 0 Å². The largest absolute Gasteiger partial charge is 0.451 e. The van der Waals surface area contributed by atoms with Gasteiger partial charge in [-0.25, -0.2) is 0 Å². The molecule has 6 nitrogen and oxygen atoms in total. The van der Waals surface area contributed by atoms with Gasteiger partial charge in [-0.05, 0) is 66.7 Å². The molecule has 4 aromatic rings. The number of benzene rings is 3. The van der Waals surface area contributed by atoms with Crippen molar-refractivity contribution in [3.63, 3.8) is 0 Å². The lowest BCUT2D eigenvalue weighted by atomic mass is 10.1. The molecule has 1 aliphatic rings. The van der Waals surface area contributed by atoms with E-state index < -0.39 is 0 Å². The summed E-state index contributed by atoms with van der Waals surface area (Å²) >= 11 is 18.3. The molecule has 1 aromatic heterocycles. The highest BCUT2D eigenvalue weighted by atomic mass is 35.5. The summed E-state index contributed by atoms with van der Waals surface area (Å²) in [6.45, 7) is 2.38. The molecule has 3 aromatic carbocycles. The van der Waals surface area contributed by atoms with E-state index in [4.69, 9.17) is 39.2 Å². The first-order valence-corrected chi connectivity index (χ1v) is 12.8. The van der Waals surface area contributed by atoms with Crippen LogP contribution in [0.2, 0.25) is 15.1 Å². The first-order chi connectivity index (χ1) is 17.9. The smallest absolute Gasteiger partial charge is 0.291 e. The number of nitrogens with one attached hydrogen (secondary N) is 1. The van der Waals surface area contributed by atoms with E-state index >= 15 is 0 Å². The van der Waals surface area contributed by atoms with Crippen molar-refractivity contribution in [1.82, 2.24) is 4.90 Å². The quantitative estimate of drug-likeness (QED) is 0.285. The fourth-order valence-corrected chi connectivity index (χ4v) is 4.76. The SMILES string of the molecule is O=C(Nc1ccccc1N1CCN(C(=O)c2ccc(Cl)cc2)CC1)c1ccc(-c2cc(Cl)ccc2Cl)o1. The number of carbonyl (C=O) groups excluding carboxylic acids is 2. The minimum absolute atomic E-state index is 0.0219. The molecule has 0 saturated carbocycles. The molecule has 5 rings (SSSR count). The molecular formula is C28H22Cl3N3O3. The Morgan fingerprint density at radius 1 is 0.784 bits per heavy atom. The van der Waals surface area contributed by atoms with Gasteiger partial charge in [0.2, 0.25) is 0 Å². The van der Waals surface area contributed by atoms with E-state index in [1.165, 1.54) is 0 Å². The van der Waals surface area contributed by atoms with E-state index in [0.29, 0.717) is 63.8 Å². The number of hydrogen-bond acceptors (Lipinski definition) is 4. The second kappa shape index (κ2) is 10.9. The van der Waals surface area contributed by atoms with Gasteiger partial charge in [0.15, 0.2) is 5.76 Å². The van der Waals surface area contributed by atoms with Crippen molar-refractivity contribution >= 4 is 58.0 Å². The highest BCUT2D eigenvalue weighted by Gasteiger charge is 2.24. The van der Waals surface area contributed by atoms with Crippen molar-refractivity contribution in [2.75, 3.05) is 36.4 Å². The maximum atomic E-state index is 13.0. The Kier molecular flexibility index (Phi) is 7.42. The van der Waals surface area contributed by atoms with Gasteiger partial charge in [0.25, 0.3) is 11.8 Å². The zero-order valence-corrected chi connectivity index (χ0v) is 21.9. The lowest BCUT2D eigenvalue weighted by Gasteiger charge is -2.37. The Bertz CT molecular complexity index is 1440. The van der Waals surface area contributed by atoms with Gasteiger partial charge < -0.3 is 19.5 Å². The summed E-state index contributed by atoms with van der Waals surface area (Å²) in [6, 6.07) is 22.8. The number of hydrogen-bond donors (Lipinski definition) is 1. The zero-order valence-electron chi connectivity index (χ0n) is 19.6. The van der Waals surface area contributed by atoms with Crippen LogP contribution in [0, 0.1) is 0 Å². The molecule has 1 N–H and O–H groups in total. The van der Waals surface area contributed by atoms with E-state index in [2.05, 4.69) is 10.2 Å². The highest BCUT2D eigenvalue weighted by Crippen LogP contribution is 2.33. The number of piperazine rings is 1. The number of rotatable bonds is 5. The normalized spacial score (nSPS) is 13.5. The van der Waals surface area contributed by atoms with Crippen molar-refractivity contribution in [2.45, 2.75) is 0 Å². The maximum Gasteiger partial charge on any atom is 0.291 e. The van der Waals surface area contributed by atoms with Crippen LogP contribution in [0.25, 0.3) is 11.3 Å². The molecule has 1 saturated heterocycles. The van der Waals surface area contributed by atoms with E-state index in [1.54, 1.807) is 54.6 Å². The fourth-order valence-electron chi connectivity index (χ4n) is 4.26. The van der Waals surface area contributed by atoms with E-state index in [9.17, 15) is 9.59 Å². The molecule has 0 unspecified atom stereocenters. The van der Waals surface area contributed by atoms with E-state index in [0.717, 1.165) is 5.69 Å². The van der Waals surface area contributed by atoms with Gasteiger partial charge in [-0.3, -0.25) is 9.59 Å². The monoisotopic (exact) mass is 553 g/mol. The third kappa shape index (κ3) is 5.62. The van der Waals surface area contributed by atoms with Crippen molar-refractivity contribution in [3.8, 4) is 11.3 Å². The summed E-state index contributed by atoms with van der Waals surface area (Å²) in [7, 11) is 0. The topological polar surface area (TPSA) is 65.8 Å². The van der Waals surface area contributed by atoms with Gasteiger partial charge in [0.05, 0.1) is 16.4 Å². The summed E-state index contributed by atoms with van der Waals surface area (Å²) in [4.78, 5) is 29.9. The molecule has 37 heavy (non-hydrogen) atoms. The fraction of sp³-hybridized carbons (Fsp3) is 0.143. The van der Waals surface area contributed by atoms with Crippen molar-refractivity contribution < 1.29 is 14.0 Å². The van der Waals surface area contributed by atoms with Gasteiger partial charge in [-0.2, -0.15) is 0 Å². The van der Waals surface area contributed by atoms with Crippen LogP contribution in [0.1, 0.15) is 20.9 Å². The van der Waals surface area contributed by atoms with Gasteiger partial charge in [-0.15, -0.1) is 0 Å². The number of halogens is 3. The molecule has 0 bridgehead atoms. The van der Waals surface area contributed by atoms with E-state index in [-0.39, 0.29) is 17.6 Å². The number of amides is 2. The zero-order chi connectivity index (χ0) is 25.9. The minimum Gasteiger partial charge on any atom is -0.451 e. The summed E-state index contributed by atoms with van der Waals surface area (Å²) in [5.41, 5.74) is 2.75. The maximum absolute atomic E-state index is 13.0. The summed E-state index contributed by atoms with van der Waals surface area (Å²) in [5, 5.41) is 4.55. The highest BCUT2D eigenvalue weighted by molar-refractivity contribution is 6.35. The van der Waals surface area contributed by atoms with Crippen molar-refractivity contribution in [1.29, 1.82) is 0 Å². The second-order valence-electron chi connectivity index (χ2n) is 8.55. The predicted molar refractivity (Wildman–Crippen MR) is 148 cm³/mol. The molecular weight excluding hydrogens is 533 g/mol. The summed E-state index contributed by atoms with van der Waals surface area (Å²) < 4.78 is 5.79. The van der Waals surface area contributed by atoms with Gasteiger partial charge in [0, 0.05) is 47.4 Å². The third-order valence-corrected chi connectivity index (χ3v) is 6.99. The van der Waals surface area contributed by atoms with Crippen LogP contribution in [0.4, 0.5) is 11.4 Å². The Morgan fingerprint density at radius 3 is 2.24 bits per heavy atom. The molecule has 0 radical (unpaired) electrons. The Morgan fingerprint density at radius 2 is 1.49 bits per heavy atom. The van der Waals surface area contributed by atoms with Crippen LogP contribution >= 0.6 is 34.8 Å². The van der Waals surface area contributed by atoms with Crippen LogP contribution in [-0.2, 0) is 0 Å². The first kappa shape index (κ1) is 25.2. The standard InChI is InChI=1S/C28H22Cl3N3O3/c29-19-7-5-18(6-8-19)28(36)34-15-13-33(14-16-34)24-4-2-1-3-23(24)32-27(35)26-12-11-25(37-26)21-17-20(30)9-10-22(21)31/h1-12,17H,13-16H2,(H,32,35). The van der Waals surface area contributed by atoms with Gasteiger partial charge in [-0.1, -0.05) is 46.9 Å². The number of nitrogens with zero attached hydrogens (tertiary/aromatic N) is 2. The third-order valence-electron chi connectivity index (χ3n) is 6.17. The average molecular weight is 555 g/mol. The molecule has 1 aliphatic heterocycles. The lowest BCUT2D eigenvalue weighted by Crippen LogP contribution is -2.49. The van der Waals surface area contributed by atoms with Crippen LogP contribution in [0.3, 0.4) is 0 Å². The molecule has 188 valence electrons. The predicted octanol–water partition coefficient (Wildman–Crippen LogP) is 7.12. The number of para-hydroxylation sites is 2. The molecule has 0 atom stereocenters. The van der Waals surface area contributed by atoms with Crippen LogP contribution in [0.15, 0.2) is 83.3 Å². The lowest BCUT2D eigenvalue weighted by molar-refractivity contribution is 0.0746. The van der Waals surface area contributed by atoms with Crippen molar-refractivity contribution in [3.05, 3.63) is 105 Å². The molecule has 0 spiro atoms. The van der Waals surface area contributed by atoms with Gasteiger partial charge >= 0.3 is 0 Å². The number of anilines is 2. The van der Waals surface area contributed by atoms with E-state index in [1.807, 2.05) is 29.2 Å². The van der Waals surface area contributed by atoms with Crippen LogP contribution < -0.4 is 10.2 Å². The van der Waals surface area contributed by atoms with Gasteiger partial charge in [0.1, 0.15) is 5.76 Å². The number of furan rings is 1. The Hall–Kier alpha value is -3.45. The Balaban J connectivity index is 1.27. The van der Waals surface area contributed by atoms with Crippen molar-refractivity contribution in [2.24, 2.45) is 0 Å². The summed E-state index contributed by atoms with van der Waals surface area (Å²) in [6.07, 6.45) is 0. The number of carbonyl (C=O) groups is 2. The molecule has 9 heteroatoms.